The Hall–Kier alpha value is -2.04. The van der Waals surface area contributed by atoms with Gasteiger partial charge in [-0.3, -0.25) is 9.69 Å². The van der Waals surface area contributed by atoms with E-state index in [2.05, 4.69) is 29.3 Å². The average molecular weight is 387 g/mol. The standard InChI is InChI=1S/C22H27ClN2O2/c1-16-3-8-21(13-17(16)2)27-15-22(26)24-20-9-11-25(12-10-20)14-18-4-6-19(23)7-5-18/h3-8,13,20H,9-12,14-15H2,1-2H3,(H,24,26). The first-order valence-electron chi connectivity index (χ1n) is 9.46. The van der Waals surface area contributed by atoms with Crippen LogP contribution in [-0.4, -0.2) is 36.5 Å². The Kier molecular flexibility index (Phi) is 6.75. The minimum atomic E-state index is -0.0515. The molecule has 0 atom stereocenters. The van der Waals surface area contributed by atoms with E-state index in [4.69, 9.17) is 16.3 Å². The van der Waals surface area contributed by atoms with E-state index in [1.807, 2.05) is 37.3 Å². The number of carbonyl (C=O) groups is 1. The third-order valence-corrected chi connectivity index (χ3v) is 5.37. The minimum Gasteiger partial charge on any atom is -0.484 e. The summed E-state index contributed by atoms with van der Waals surface area (Å²) in [5.74, 6) is 0.690. The summed E-state index contributed by atoms with van der Waals surface area (Å²) < 4.78 is 5.62. The van der Waals surface area contributed by atoms with Gasteiger partial charge in [0.15, 0.2) is 6.61 Å². The lowest BCUT2D eigenvalue weighted by Crippen LogP contribution is -2.45. The van der Waals surface area contributed by atoms with Gasteiger partial charge in [-0.05, 0) is 67.6 Å². The van der Waals surface area contributed by atoms with E-state index in [1.165, 1.54) is 16.7 Å². The lowest BCUT2D eigenvalue weighted by molar-refractivity contribution is -0.124. The Labute approximate surface area is 166 Å². The number of piperidine rings is 1. The van der Waals surface area contributed by atoms with E-state index in [0.29, 0.717) is 0 Å². The fraction of sp³-hybridized carbons (Fsp3) is 0.409. The van der Waals surface area contributed by atoms with Gasteiger partial charge in [0, 0.05) is 30.7 Å². The quantitative estimate of drug-likeness (QED) is 0.812. The van der Waals surface area contributed by atoms with Crippen molar-refractivity contribution in [3.05, 3.63) is 64.2 Å². The molecule has 1 fully saturated rings. The van der Waals surface area contributed by atoms with Gasteiger partial charge in [-0.25, -0.2) is 0 Å². The largest absolute Gasteiger partial charge is 0.484 e. The Bertz CT molecular complexity index is 768. The summed E-state index contributed by atoms with van der Waals surface area (Å²) in [6.07, 6.45) is 1.92. The normalized spacial score (nSPS) is 15.5. The first-order valence-corrected chi connectivity index (χ1v) is 9.83. The molecule has 0 unspecified atom stereocenters. The summed E-state index contributed by atoms with van der Waals surface area (Å²) in [6.45, 7) is 7.05. The molecule has 0 spiro atoms. The highest BCUT2D eigenvalue weighted by atomic mass is 35.5. The first-order chi connectivity index (χ1) is 13.0. The number of hydrogen-bond acceptors (Lipinski definition) is 3. The van der Waals surface area contributed by atoms with Gasteiger partial charge in [-0.15, -0.1) is 0 Å². The zero-order valence-electron chi connectivity index (χ0n) is 16.0. The number of nitrogens with zero attached hydrogens (tertiary/aromatic N) is 1. The van der Waals surface area contributed by atoms with Crippen molar-refractivity contribution in [3.63, 3.8) is 0 Å². The van der Waals surface area contributed by atoms with Crippen molar-refractivity contribution in [1.82, 2.24) is 10.2 Å². The van der Waals surface area contributed by atoms with Gasteiger partial charge in [0.05, 0.1) is 0 Å². The summed E-state index contributed by atoms with van der Waals surface area (Å²) in [5, 5.41) is 3.87. The van der Waals surface area contributed by atoms with E-state index in [9.17, 15) is 4.79 Å². The molecule has 1 aliphatic rings. The molecule has 0 aliphatic carbocycles. The van der Waals surface area contributed by atoms with Crippen LogP contribution in [-0.2, 0) is 11.3 Å². The molecule has 1 heterocycles. The van der Waals surface area contributed by atoms with Crippen molar-refractivity contribution in [2.75, 3.05) is 19.7 Å². The van der Waals surface area contributed by atoms with Crippen molar-refractivity contribution >= 4 is 17.5 Å². The van der Waals surface area contributed by atoms with Gasteiger partial charge in [-0.2, -0.15) is 0 Å². The van der Waals surface area contributed by atoms with E-state index < -0.39 is 0 Å². The maximum atomic E-state index is 12.2. The Morgan fingerprint density at radius 3 is 2.48 bits per heavy atom. The van der Waals surface area contributed by atoms with Gasteiger partial charge >= 0.3 is 0 Å². The number of amides is 1. The molecule has 5 heteroatoms. The Balaban J connectivity index is 1.38. The second-order valence-electron chi connectivity index (χ2n) is 7.28. The first kappa shape index (κ1) is 19.7. The second kappa shape index (κ2) is 9.25. The molecule has 144 valence electrons. The molecule has 2 aromatic rings. The van der Waals surface area contributed by atoms with Crippen LogP contribution in [0.2, 0.25) is 5.02 Å². The predicted molar refractivity (Wildman–Crippen MR) is 109 cm³/mol. The lowest BCUT2D eigenvalue weighted by atomic mass is 10.0. The highest BCUT2D eigenvalue weighted by Gasteiger charge is 2.20. The molecule has 4 nitrogen and oxygen atoms in total. The van der Waals surface area contributed by atoms with E-state index in [-0.39, 0.29) is 18.6 Å². The van der Waals surface area contributed by atoms with Gasteiger partial charge in [0.2, 0.25) is 0 Å². The van der Waals surface area contributed by atoms with Crippen LogP contribution in [0.3, 0.4) is 0 Å². The van der Waals surface area contributed by atoms with Crippen LogP contribution in [0.1, 0.15) is 29.5 Å². The molecule has 2 aromatic carbocycles. The Morgan fingerprint density at radius 2 is 1.81 bits per heavy atom. The number of rotatable bonds is 6. The molecule has 0 saturated carbocycles. The van der Waals surface area contributed by atoms with E-state index >= 15 is 0 Å². The zero-order chi connectivity index (χ0) is 19.2. The Morgan fingerprint density at radius 1 is 1.11 bits per heavy atom. The molecule has 27 heavy (non-hydrogen) atoms. The van der Waals surface area contributed by atoms with E-state index in [0.717, 1.165) is 43.2 Å². The number of ether oxygens (including phenoxy) is 1. The van der Waals surface area contributed by atoms with Crippen LogP contribution in [0.15, 0.2) is 42.5 Å². The van der Waals surface area contributed by atoms with E-state index in [1.54, 1.807) is 0 Å². The molecule has 1 saturated heterocycles. The summed E-state index contributed by atoms with van der Waals surface area (Å²) in [6, 6.07) is 14.1. The number of halogens is 1. The lowest BCUT2D eigenvalue weighted by Gasteiger charge is -2.32. The second-order valence-corrected chi connectivity index (χ2v) is 7.72. The van der Waals surface area contributed by atoms with Crippen LogP contribution in [0.25, 0.3) is 0 Å². The zero-order valence-corrected chi connectivity index (χ0v) is 16.8. The number of likely N-dealkylation sites (tertiary alicyclic amines) is 1. The fourth-order valence-electron chi connectivity index (χ4n) is 3.31. The molecular formula is C22H27ClN2O2. The third kappa shape index (κ3) is 5.98. The van der Waals surface area contributed by atoms with Crippen LogP contribution in [0.4, 0.5) is 0 Å². The van der Waals surface area contributed by atoms with Crippen molar-refractivity contribution in [3.8, 4) is 5.75 Å². The molecular weight excluding hydrogens is 360 g/mol. The number of aryl methyl sites for hydroxylation is 2. The van der Waals surface area contributed by atoms with Crippen molar-refractivity contribution in [2.45, 2.75) is 39.3 Å². The highest BCUT2D eigenvalue weighted by Crippen LogP contribution is 2.17. The van der Waals surface area contributed by atoms with Gasteiger partial charge in [-0.1, -0.05) is 29.8 Å². The smallest absolute Gasteiger partial charge is 0.258 e. The van der Waals surface area contributed by atoms with Crippen molar-refractivity contribution in [1.29, 1.82) is 0 Å². The molecule has 1 aliphatic heterocycles. The number of carbonyl (C=O) groups excluding carboxylic acids is 1. The van der Waals surface area contributed by atoms with Crippen LogP contribution in [0, 0.1) is 13.8 Å². The molecule has 3 rings (SSSR count). The number of hydrogen-bond donors (Lipinski definition) is 1. The van der Waals surface area contributed by atoms with Gasteiger partial charge in [0.25, 0.3) is 5.91 Å². The predicted octanol–water partition coefficient (Wildman–Crippen LogP) is 4.12. The molecule has 0 radical (unpaired) electrons. The van der Waals surface area contributed by atoms with Gasteiger partial charge < -0.3 is 10.1 Å². The molecule has 0 bridgehead atoms. The maximum absolute atomic E-state index is 12.2. The highest BCUT2D eigenvalue weighted by molar-refractivity contribution is 6.30. The maximum Gasteiger partial charge on any atom is 0.258 e. The van der Waals surface area contributed by atoms with Crippen LogP contribution >= 0.6 is 11.6 Å². The van der Waals surface area contributed by atoms with Gasteiger partial charge in [0.1, 0.15) is 5.75 Å². The summed E-state index contributed by atoms with van der Waals surface area (Å²) >= 11 is 5.94. The minimum absolute atomic E-state index is 0.0515. The summed E-state index contributed by atoms with van der Waals surface area (Å²) in [5.41, 5.74) is 3.65. The van der Waals surface area contributed by atoms with Crippen LogP contribution < -0.4 is 10.1 Å². The van der Waals surface area contributed by atoms with Crippen molar-refractivity contribution in [2.24, 2.45) is 0 Å². The third-order valence-electron chi connectivity index (χ3n) is 5.12. The van der Waals surface area contributed by atoms with Crippen molar-refractivity contribution < 1.29 is 9.53 Å². The van der Waals surface area contributed by atoms with Crippen LogP contribution in [0.5, 0.6) is 5.75 Å². The topological polar surface area (TPSA) is 41.6 Å². The molecule has 1 N–H and O–H groups in total. The molecule has 1 amide bonds. The molecule has 0 aromatic heterocycles. The monoisotopic (exact) mass is 386 g/mol. The number of benzene rings is 2. The average Bonchev–Trinajstić information content (AvgIpc) is 2.66. The SMILES string of the molecule is Cc1ccc(OCC(=O)NC2CCN(Cc3ccc(Cl)cc3)CC2)cc1C. The number of nitrogens with one attached hydrogen (secondary N) is 1. The fourth-order valence-corrected chi connectivity index (χ4v) is 3.43. The summed E-state index contributed by atoms with van der Waals surface area (Å²) in [4.78, 5) is 14.6. The summed E-state index contributed by atoms with van der Waals surface area (Å²) in [7, 11) is 0.